The minimum absolute atomic E-state index is 0.204. The fourth-order valence-electron chi connectivity index (χ4n) is 2.04. The largest absolute Gasteiger partial charge is 0.496 e. The lowest BCUT2D eigenvalue weighted by Crippen LogP contribution is -1.90. The van der Waals surface area contributed by atoms with Crippen molar-refractivity contribution in [2.45, 2.75) is 0 Å². The quantitative estimate of drug-likeness (QED) is 0.809. The SMILES string of the molecule is COc1ccccc1/C=C1\SC(c2ccccc2)=NC1=O. The summed E-state index contributed by atoms with van der Waals surface area (Å²) in [5.74, 6) is 0.538. The summed E-state index contributed by atoms with van der Waals surface area (Å²) in [7, 11) is 1.62. The van der Waals surface area contributed by atoms with E-state index in [4.69, 9.17) is 4.74 Å². The second-order valence-electron chi connectivity index (χ2n) is 4.44. The molecule has 0 radical (unpaired) electrons. The molecule has 2 aromatic rings. The molecule has 0 spiro atoms. The van der Waals surface area contributed by atoms with Crippen LogP contribution in [0.25, 0.3) is 6.08 Å². The number of carbonyl (C=O) groups excluding carboxylic acids is 1. The van der Waals surface area contributed by atoms with Crippen molar-refractivity contribution < 1.29 is 9.53 Å². The minimum atomic E-state index is -0.204. The van der Waals surface area contributed by atoms with Gasteiger partial charge < -0.3 is 4.74 Å². The predicted molar refractivity (Wildman–Crippen MR) is 86.5 cm³/mol. The van der Waals surface area contributed by atoms with Crippen LogP contribution in [0.3, 0.4) is 0 Å². The molecule has 0 saturated carbocycles. The highest BCUT2D eigenvalue weighted by Gasteiger charge is 2.23. The molecule has 0 aliphatic carbocycles. The molecule has 0 saturated heterocycles. The van der Waals surface area contributed by atoms with Crippen LogP contribution in [-0.2, 0) is 4.79 Å². The number of para-hydroxylation sites is 1. The van der Waals surface area contributed by atoms with Gasteiger partial charge in [-0.1, -0.05) is 60.3 Å². The minimum Gasteiger partial charge on any atom is -0.496 e. The first-order valence-electron chi connectivity index (χ1n) is 6.49. The second kappa shape index (κ2) is 5.97. The molecule has 3 nitrogen and oxygen atoms in total. The maximum Gasteiger partial charge on any atom is 0.284 e. The Bertz CT molecular complexity index is 735. The number of methoxy groups -OCH3 is 1. The Morgan fingerprint density at radius 2 is 1.76 bits per heavy atom. The summed E-state index contributed by atoms with van der Waals surface area (Å²) in [6.45, 7) is 0. The summed E-state index contributed by atoms with van der Waals surface area (Å²) in [4.78, 5) is 16.8. The maximum absolute atomic E-state index is 12.0. The Morgan fingerprint density at radius 1 is 1.05 bits per heavy atom. The number of hydrogen-bond acceptors (Lipinski definition) is 3. The third kappa shape index (κ3) is 2.90. The van der Waals surface area contributed by atoms with Crippen molar-refractivity contribution in [1.82, 2.24) is 0 Å². The highest BCUT2D eigenvalue weighted by molar-refractivity contribution is 8.19. The molecule has 21 heavy (non-hydrogen) atoms. The zero-order valence-electron chi connectivity index (χ0n) is 11.4. The predicted octanol–water partition coefficient (Wildman–Crippen LogP) is 3.76. The second-order valence-corrected chi connectivity index (χ2v) is 5.47. The Kier molecular flexibility index (Phi) is 3.88. The van der Waals surface area contributed by atoms with Crippen molar-refractivity contribution in [2.24, 2.45) is 4.99 Å². The molecule has 0 unspecified atom stereocenters. The molecule has 0 N–H and O–H groups in total. The molecule has 1 amide bonds. The van der Waals surface area contributed by atoms with E-state index in [1.807, 2.05) is 60.7 Å². The number of ether oxygens (including phenoxy) is 1. The number of thioether (sulfide) groups is 1. The third-order valence-electron chi connectivity index (χ3n) is 3.07. The molecule has 1 aliphatic rings. The van der Waals surface area contributed by atoms with E-state index < -0.39 is 0 Å². The number of rotatable bonds is 3. The highest BCUT2D eigenvalue weighted by Crippen LogP contribution is 2.33. The van der Waals surface area contributed by atoms with E-state index in [1.54, 1.807) is 7.11 Å². The van der Waals surface area contributed by atoms with Gasteiger partial charge in [0.25, 0.3) is 5.91 Å². The Hall–Kier alpha value is -2.33. The number of aliphatic imine (C=N–C) groups is 1. The van der Waals surface area contributed by atoms with E-state index in [9.17, 15) is 4.79 Å². The molecule has 0 atom stereocenters. The van der Waals surface area contributed by atoms with Gasteiger partial charge in [-0.05, 0) is 12.1 Å². The molecule has 0 fully saturated rings. The molecule has 4 heteroatoms. The number of nitrogens with zero attached hydrogens (tertiary/aromatic N) is 1. The third-order valence-corrected chi connectivity index (χ3v) is 4.10. The normalized spacial score (nSPS) is 16.1. The van der Waals surface area contributed by atoms with E-state index in [0.717, 1.165) is 21.9 Å². The van der Waals surface area contributed by atoms with Gasteiger partial charge >= 0.3 is 0 Å². The number of hydrogen-bond donors (Lipinski definition) is 0. The van der Waals surface area contributed by atoms with E-state index in [2.05, 4.69) is 4.99 Å². The molecule has 1 heterocycles. The first-order valence-corrected chi connectivity index (χ1v) is 7.30. The zero-order valence-corrected chi connectivity index (χ0v) is 12.3. The van der Waals surface area contributed by atoms with E-state index >= 15 is 0 Å². The van der Waals surface area contributed by atoms with Gasteiger partial charge in [0.1, 0.15) is 10.8 Å². The van der Waals surface area contributed by atoms with E-state index in [-0.39, 0.29) is 5.91 Å². The molecule has 0 aromatic heterocycles. The average molecular weight is 295 g/mol. The maximum atomic E-state index is 12.0. The summed E-state index contributed by atoms with van der Waals surface area (Å²) < 4.78 is 5.30. The fourth-order valence-corrected chi connectivity index (χ4v) is 2.95. The summed E-state index contributed by atoms with van der Waals surface area (Å²) in [5.41, 5.74) is 1.83. The molecule has 1 aliphatic heterocycles. The van der Waals surface area contributed by atoms with Crippen molar-refractivity contribution in [3.63, 3.8) is 0 Å². The number of benzene rings is 2. The first kappa shape index (κ1) is 13.6. The highest BCUT2D eigenvalue weighted by atomic mass is 32.2. The lowest BCUT2D eigenvalue weighted by molar-refractivity contribution is -0.113. The van der Waals surface area contributed by atoms with Crippen LogP contribution in [0.1, 0.15) is 11.1 Å². The molecular formula is C17H13NO2S. The van der Waals surface area contributed by atoms with Crippen LogP contribution >= 0.6 is 11.8 Å². The summed E-state index contributed by atoms with van der Waals surface area (Å²) in [6.07, 6.45) is 1.82. The van der Waals surface area contributed by atoms with Crippen molar-refractivity contribution in [3.05, 3.63) is 70.6 Å². The van der Waals surface area contributed by atoms with Crippen LogP contribution < -0.4 is 4.74 Å². The molecule has 2 aromatic carbocycles. The molecular weight excluding hydrogens is 282 g/mol. The van der Waals surface area contributed by atoms with Gasteiger partial charge in [-0.2, -0.15) is 0 Å². The van der Waals surface area contributed by atoms with Crippen molar-refractivity contribution in [2.75, 3.05) is 7.11 Å². The molecule has 3 rings (SSSR count). The number of amides is 1. The van der Waals surface area contributed by atoms with Crippen LogP contribution in [0.4, 0.5) is 0 Å². The van der Waals surface area contributed by atoms with Crippen LogP contribution in [0.2, 0.25) is 0 Å². The number of carbonyl (C=O) groups is 1. The Balaban J connectivity index is 1.90. The van der Waals surface area contributed by atoms with Crippen LogP contribution in [0.15, 0.2) is 64.5 Å². The van der Waals surface area contributed by atoms with E-state index in [0.29, 0.717) is 4.91 Å². The van der Waals surface area contributed by atoms with Gasteiger partial charge in [0.15, 0.2) is 0 Å². The standard InChI is InChI=1S/C17H13NO2S/c1-20-14-10-6-5-9-13(14)11-15-16(19)18-17(21-15)12-7-3-2-4-8-12/h2-11H,1H3/b15-11-. The van der Waals surface area contributed by atoms with Gasteiger partial charge in [-0.3, -0.25) is 4.79 Å². The van der Waals surface area contributed by atoms with Gasteiger partial charge in [-0.25, -0.2) is 4.99 Å². The summed E-state index contributed by atoms with van der Waals surface area (Å²) in [5, 5.41) is 0.738. The Morgan fingerprint density at radius 3 is 2.52 bits per heavy atom. The van der Waals surface area contributed by atoms with Crippen LogP contribution in [-0.4, -0.2) is 18.1 Å². The average Bonchev–Trinajstić information content (AvgIpc) is 2.90. The molecule has 104 valence electrons. The van der Waals surface area contributed by atoms with Crippen molar-refractivity contribution >= 4 is 28.8 Å². The van der Waals surface area contributed by atoms with Crippen molar-refractivity contribution in [1.29, 1.82) is 0 Å². The first-order chi connectivity index (χ1) is 10.3. The van der Waals surface area contributed by atoms with Gasteiger partial charge in [0.2, 0.25) is 0 Å². The van der Waals surface area contributed by atoms with Gasteiger partial charge in [-0.15, -0.1) is 0 Å². The Labute approximate surface area is 127 Å². The lowest BCUT2D eigenvalue weighted by Gasteiger charge is -2.04. The van der Waals surface area contributed by atoms with Crippen molar-refractivity contribution in [3.8, 4) is 5.75 Å². The van der Waals surface area contributed by atoms with E-state index in [1.165, 1.54) is 11.8 Å². The van der Waals surface area contributed by atoms with Gasteiger partial charge in [0.05, 0.1) is 12.0 Å². The van der Waals surface area contributed by atoms with Crippen LogP contribution in [0, 0.1) is 0 Å². The zero-order chi connectivity index (χ0) is 14.7. The lowest BCUT2D eigenvalue weighted by atomic mass is 10.2. The van der Waals surface area contributed by atoms with Gasteiger partial charge in [0, 0.05) is 11.1 Å². The smallest absolute Gasteiger partial charge is 0.284 e. The summed E-state index contributed by atoms with van der Waals surface area (Å²) in [6, 6.07) is 17.3. The summed E-state index contributed by atoms with van der Waals surface area (Å²) >= 11 is 1.39. The van der Waals surface area contributed by atoms with Crippen LogP contribution in [0.5, 0.6) is 5.75 Å². The molecule has 0 bridgehead atoms. The topological polar surface area (TPSA) is 38.7 Å². The fraction of sp³-hybridized carbons (Fsp3) is 0.0588. The monoisotopic (exact) mass is 295 g/mol.